The van der Waals surface area contributed by atoms with E-state index in [0.717, 1.165) is 36.7 Å². The number of hydrogen-bond acceptors (Lipinski definition) is 4. The molecule has 0 aliphatic carbocycles. The summed E-state index contributed by atoms with van der Waals surface area (Å²) in [6.45, 7) is 0.850. The number of rotatable bonds is 4. The number of aromatic nitrogens is 2. The van der Waals surface area contributed by atoms with E-state index in [2.05, 4.69) is 10.4 Å². The number of hydrogen-bond donors (Lipinski definition) is 1. The third kappa shape index (κ3) is 2.82. The van der Waals surface area contributed by atoms with E-state index in [1.165, 1.54) is 6.20 Å². The zero-order chi connectivity index (χ0) is 15.0. The fraction of sp³-hybridized carbons (Fsp3) is 0.750. The van der Waals surface area contributed by atoms with Crippen molar-refractivity contribution >= 4 is 10.0 Å². The van der Waals surface area contributed by atoms with Crippen LogP contribution in [0.15, 0.2) is 17.3 Å². The highest BCUT2D eigenvalue weighted by Gasteiger charge is 2.43. The summed E-state index contributed by atoms with van der Waals surface area (Å²) in [4.78, 5) is 0.00181. The van der Waals surface area contributed by atoms with Gasteiger partial charge in [0.1, 0.15) is 11.4 Å². The molecule has 2 unspecified atom stereocenters. The molecule has 2 fully saturated rings. The molecule has 2 saturated heterocycles. The highest BCUT2D eigenvalue weighted by atomic mass is 32.2. The van der Waals surface area contributed by atoms with Crippen molar-refractivity contribution in [3.05, 3.63) is 12.4 Å². The molecule has 1 aromatic rings. The fourth-order valence-corrected chi connectivity index (χ4v) is 5.03. The van der Waals surface area contributed by atoms with Gasteiger partial charge in [0.05, 0.1) is 6.20 Å². The summed E-state index contributed by atoms with van der Waals surface area (Å²) in [7, 11) is -3.67. The second-order valence-corrected chi connectivity index (χ2v) is 7.35. The fourth-order valence-electron chi connectivity index (χ4n) is 3.17. The Hall–Kier alpha value is -1.06. The summed E-state index contributed by atoms with van der Waals surface area (Å²) in [6.07, 6.45) is 2.27. The van der Waals surface area contributed by atoms with Crippen LogP contribution in [-0.2, 0) is 16.6 Å². The van der Waals surface area contributed by atoms with Crippen LogP contribution >= 0.6 is 0 Å². The second-order valence-electron chi connectivity index (χ2n) is 5.50. The molecule has 3 rings (SSSR count). The summed E-state index contributed by atoms with van der Waals surface area (Å²) >= 11 is 0. The molecule has 6 nitrogen and oxygen atoms in total. The zero-order valence-corrected chi connectivity index (χ0v) is 12.3. The van der Waals surface area contributed by atoms with Gasteiger partial charge in [-0.25, -0.2) is 17.2 Å². The van der Waals surface area contributed by atoms with Gasteiger partial charge in [-0.05, 0) is 25.8 Å². The lowest BCUT2D eigenvalue weighted by molar-refractivity contribution is 0.121. The van der Waals surface area contributed by atoms with Crippen LogP contribution in [0.5, 0.6) is 0 Å². The van der Waals surface area contributed by atoms with Crippen LogP contribution < -0.4 is 5.32 Å². The molecule has 3 heterocycles. The minimum atomic E-state index is -3.67. The Labute approximate surface area is 122 Å². The molecule has 2 bridgehead atoms. The normalized spacial score (nSPS) is 27.2. The standard InChI is InChI=1S/C12H18F2N4O2S/c13-12(14)8-17-7-11(6-16-17)21(19,20)18-9-1-2-10(18)5-15-4-3-9/h6-7,9-10,12,15H,1-5,8H2. The quantitative estimate of drug-likeness (QED) is 0.885. The molecule has 1 N–H and O–H groups in total. The maximum absolute atomic E-state index is 12.8. The van der Waals surface area contributed by atoms with E-state index >= 15 is 0 Å². The van der Waals surface area contributed by atoms with Crippen LogP contribution in [0.2, 0.25) is 0 Å². The molecule has 0 spiro atoms. The van der Waals surface area contributed by atoms with Gasteiger partial charge in [-0.3, -0.25) is 4.68 Å². The van der Waals surface area contributed by atoms with Crippen molar-refractivity contribution in [3.8, 4) is 0 Å². The average molecular weight is 320 g/mol. The smallest absolute Gasteiger partial charge is 0.257 e. The molecule has 2 aliphatic rings. The van der Waals surface area contributed by atoms with Crippen LogP contribution in [0.4, 0.5) is 8.78 Å². The van der Waals surface area contributed by atoms with E-state index in [1.807, 2.05) is 0 Å². The van der Waals surface area contributed by atoms with Crippen LogP contribution in [0.25, 0.3) is 0 Å². The van der Waals surface area contributed by atoms with Gasteiger partial charge in [-0.1, -0.05) is 0 Å². The van der Waals surface area contributed by atoms with Gasteiger partial charge >= 0.3 is 0 Å². The van der Waals surface area contributed by atoms with Crippen molar-refractivity contribution in [1.82, 2.24) is 19.4 Å². The highest BCUT2D eigenvalue weighted by molar-refractivity contribution is 7.89. The number of alkyl halides is 2. The van der Waals surface area contributed by atoms with Crippen molar-refractivity contribution < 1.29 is 17.2 Å². The van der Waals surface area contributed by atoms with Crippen LogP contribution in [0.3, 0.4) is 0 Å². The van der Waals surface area contributed by atoms with Gasteiger partial charge in [0, 0.05) is 24.8 Å². The molecule has 21 heavy (non-hydrogen) atoms. The summed E-state index contributed by atoms with van der Waals surface area (Å²) in [6, 6.07) is -0.0607. The van der Waals surface area contributed by atoms with Gasteiger partial charge in [0.25, 0.3) is 6.43 Å². The third-order valence-electron chi connectivity index (χ3n) is 4.10. The Balaban J connectivity index is 1.87. The Morgan fingerprint density at radius 3 is 2.86 bits per heavy atom. The van der Waals surface area contributed by atoms with Crippen molar-refractivity contribution in [2.75, 3.05) is 13.1 Å². The van der Waals surface area contributed by atoms with Gasteiger partial charge in [-0.15, -0.1) is 0 Å². The van der Waals surface area contributed by atoms with Crippen LogP contribution in [0.1, 0.15) is 19.3 Å². The number of halogens is 2. The highest BCUT2D eigenvalue weighted by Crippen LogP contribution is 2.33. The lowest BCUT2D eigenvalue weighted by Gasteiger charge is -2.26. The monoisotopic (exact) mass is 320 g/mol. The average Bonchev–Trinajstić information content (AvgIpc) is 2.93. The molecule has 0 amide bonds. The van der Waals surface area contributed by atoms with Gasteiger partial charge < -0.3 is 5.32 Å². The molecule has 2 aliphatic heterocycles. The van der Waals surface area contributed by atoms with E-state index in [4.69, 9.17) is 0 Å². The summed E-state index contributed by atoms with van der Waals surface area (Å²) in [5.74, 6) is 0. The summed E-state index contributed by atoms with van der Waals surface area (Å²) in [5, 5.41) is 6.96. The van der Waals surface area contributed by atoms with Gasteiger partial charge in [0.15, 0.2) is 0 Å². The molecule has 0 radical (unpaired) electrons. The number of fused-ring (bicyclic) bond motifs is 2. The Kier molecular flexibility index (Phi) is 3.98. The topological polar surface area (TPSA) is 67.2 Å². The first kappa shape index (κ1) is 14.9. The molecule has 1 aromatic heterocycles. The predicted molar refractivity (Wildman–Crippen MR) is 71.6 cm³/mol. The number of nitrogens with zero attached hydrogens (tertiary/aromatic N) is 3. The first-order chi connectivity index (χ1) is 9.98. The van der Waals surface area contributed by atoms with Gasteiger partial charge in [0.2, 0.25) is 10.0 Å². The Morgan fingerprint density at radius 2 is 2.10 bits per heavy atom. The zero-order valence-electron chi connectivity index (χ0n) is 11.5. The van der Waals surface area contributed by atoms with E-state index in [-0.39, 0.29) is 17.0 Å². The number of nitrogens with one attached hydrogen (secondary N) is 1. The Bertz CT molecular complexity index is 590. The summed E-state index contributed by atoms with van der Waals surface area (Å²) < 4.78 is 52.7. The summed E-state index contributed by atoms with van der Waals surface area (Å²) in [5.41, 5.74) is 0. The van der Waals surface area contributed by atoms with Crippen molar-refractivity contribution in [3.63, 3.8) is 0 Å². The molecule has 0 saturated carbocycles. The van der Waals surface area contributed by atoms with Crippen molar-refractivity contribution in [2.24, 2.45) is 0 Å². The molecule has 0 aromatic carbocycles. The predicted octanol–water partition coefficient (Wildman–Crippen LogP) is 0.663. The largest absolute Gasteiger partial charge is 0.315 e. The SMILES string of the molecule is O=S(=O)(c1cnn(CC(F)F)c1)N1C2CCNCC1CC2. The van der Waals surface area contributed by atoms with Crippen LogP contribution in [0, 0.1) is 0 Å². The Morgan fingerprint density at radius 1 is 1.33 bits per heavy atom. The maximum Gasteiger partial charge on any atom is 0.257 e. The molecule has 2 atom stereocenters. The lowest BCUT2D eigenvalue weighted by atomic mass is 10.1. The van der Waals surface area contributed by atoms with E-state index in [9.17, 15) is 17.2 Å². The first-order valence-electron chi connectivity index (χ1n) is 7.03. The second kappa shape index (κ2) is 5.62. The molecular formula is C12H18F2N4O2S. The van der Waals surface area contributed by atoms with E-state index in [1.54, 1.807) is 4.31 Å². The first-order valence-corrected chi connectivity index (χ1v) is 8.47. The number of sulfonamides is 1. The van der Waals surface area contributed by atoms with Crippen molar-refractivity contribution in [1.29, 1.82) is 0 Å². The van der Waals surface area contributed by atoms with Gasteiger partial charge in [-0.2, -0.15) is 9.40 Å². The third-order valence-corrected chi connectivity index (χ3v) is 6.06. The minimum absolute atomic E-state index is 0.00181. The van der Waals surface area contributed by atoms with Crippen LogP contribution in [-0.4, -0.2) is 54.1 Å². The van der Waals surface area contributed by atoms with E-state index in [0.29, 0.717) is 6.54 Å². The van der Waals surface area contributed by atoms with Crippen molar-refractivity contribution in [2.45, 2.75) is 49.2 Å². The minimum Gasteiger partial charge on any atom is -0.315 e. The maximum atomic E-state index is 12.8. The lowest BCUT2D eigenvalue weighted by Crippen LogP contribution is -2.42. The van der Waals surface area contributed by atoms with E-state index < -0.39 is 23.0 Å². The molecular weight excluding hydrogens is 302 g/mol. The molecule has 118 valence electrons. The molecule has 9 heteroatoms.